The summed E-state index contributed by atoms with van der Waals surface area (Å²) in [5, 5.41) is 11.0. The zero-order chi connectivity index (χ0) is 17.0. The van der Waals surface area contributed by atoms with Crippen molar-refractivity contribution in [1.29, 1.82) is 0 Å². The SMILES string of the molecule is CC(C(=O)O)C1=CC=c2ccc3c(c2C1=O)CC1=CC(=O)C=CC=31. The molecule has 3 aliphatic rings. The summed E-state index contributed by atoms with van der Waals surface area (Å²) in [6.45, 7) is 1.52. The Morgan fingerprint density at radius 2 is 1.96 bits per heavy atom. The van der Waals surface area contributed by atoms with Crippen molar-refractivity contribution in [3.8, 4) is 0 Å². The van der Waals surface area contributed by atoms with Crippen molar-refractivity contribution < 1.29 is 19.5 Å². The summed E-state index contributed by atoms with van der Waals surface area (Å²) < 4.78 is 0. The lowest BCUT2D eigenvalue weighted by molar-refractivity contribution is -0.139. The van der Waals surface area contributed by atoms with Crippen LogP contribution < -0.4 is 10.4 Å². The van der Waals surface area contributed by atoms with Crippen LogP contribution in [0.4, 0.5) is 0 Å². The minimum atomic E-state index is -1.02. The number of Topliss-reactive ketones (excluding diaryl/α,β-unsaturated/α-hetero) is 1. The Balaban J connectivity index is 1.93. The number of benzene rings is 1. The minimum Gasteiger partial charge on any atom is -0.481 e. The molecule has 4 rings (SSSR count). The molecule has 1 N–H and O–H groups in total. The summed E-state index contributed by atoms with van der Waals surface area (Å²) in [7, 11) is 0. The van der Waals surface area contributed by atoms with Gasteiger partial charge in [-0.15, -0.1) is 0 Å². The van der Waals surface area contributed by atoms with Gasteiger partial charge in [0.1, 0.15) is 0 Å². The third-order valence-electron chi connectivity index (χ3n) is 4.85. The summed E-state index contributed by atoms with van der Waals surface area (Å²) in [4.78, 5) is 35.8. The molecule has 0 amide bonds. The highest BCUT2D eigenvalue weighted by atomic mass is 16.4. The molecule has 3 aliphatic carbocycles. The fourth-order valence-corrected chi connectivity index (χ4v) is 3.55. The minimum absolute atomic E-state index is 0.0478. The van der Waals surface area contributed by atoms with Gasteiger partial charge in [-0.1, -0.05) is 30.4 Å². The van der Waals surface area contributed by atoms with Gasteiger partial charge >= 0.3 is 5.97 Å². The van der Waals surface area contributed by atoms with Crippen molar-refractivity contribution in [2.45, 2.75) is 13.3 Å². The molecule has 0 heterocycles. The van der Waals surface area contributed by atoms with Crippen LogP contribution in [-0.2, 0) is 16.0 Å². The van der Waals surface area contributed by atoms with Crippen LogP contribution in [0.2, 0.25) is 0 Å². The predicted octanol–water partition coefficient (Wildman–Crippen LogP) is 1.08. The van der Waals surface area contributed by atoms with Gasteiger partial charge in [-0.2, -0.15) is 0 Å². The molecule has 0 aliphatic heterocycles. The zero-order valence-corrected chi connectivity index (χ0v) is 13.0. The summed E-state index contributed by atoms with van der Waals surface area (Å²) >= 11 is 0. The van der Waals surface area contributed by atoms with Gasteiger partial charge in [0.25, 0.3) is 0 Å². The van der Waals surface area contributed by atoms with E-state index < -0.39 is 11.9 Å². The highest BCUT2D eigenvalue weighted by Gasteiger charge is 2.30. The first kappa shape index (κ1) is 14.6. The van der Waals surface area contributed by atoms with Crippen molar-refractivity contribution in [3.05, 3.63) is 69.1 Å². The zero-order valence-electron chi connectivity index (χ0n) is 13.0. The van der Waals surface area contributed by atoms with Gasteiger partial charge in [0, 0.05) is 11.1 Å². The van der Waals surface area contributed by atoms with Gasteiger partial charge in [0.05, 0.1) is 5.92 Å². The molecule has 0 spiro atoms. The van der Waals surface area contributed by atoms with Crippen molar-refractivity contribution in [1.82, 2.24) is 0 Å². The molecule has 0 saturated heterocycles. The van der Waals surface area contributed by atoms with Gasteiger partial charge in [-0.3, -0.25) is 14.4 Å². The molecule has 0 bridgehead atoms. The molecule has 24 heavy (non-hydrogen) atoms. The van der Waals surface area contributed by atoms with Gasteiger partial charge < -0.3 is 5.11 Å². The molecular formula is C20H14O4. The summed E-state index contributed by atoms with van der Waals surface area (Å²) in [6.07, 6.45) is 8.86. The van der Waals surface area contributed by atoms with Gasteiger partial charge in [0.15, 0.2) is 11.6 Å². The second-order valence-corrected chi connectivity index (χ2v) is 6.23. The van der Waals surface area contributed by atoms with Crippen LogP contribution in [0, 0.1) is 5.92 Å². The number of carboxylic acid groups (broad SMARTS) is 1. The lowest BCUT2D eigenvalue weighted by Gasteiger charge is -2.16. The monoisotopic (exact) mass is 318 g/mol. The summed E-state index contributed by atoms with van der Waals surface area (Å²) in [6, 6.07) is 3.85. The van der Waals surface area contributed by atoms with E-state index in [4.69, 9.17) is 0 Å². The first-order chi connectivity index (χ1) is 11.5. The maximum Gasteiger partial charge on any atom is 0.310 e. The van der Waals surface area contributed by atoms with Gasteiger partial charge in [-0.25, -0.2) is 0 Å². The van der Waals surface area contributed by atoms with E-state index in [1.807, 2.05) is 12.1 Å². The second-order valence-electron chi connectivity index (χ2n) is 6.23. The Hall–Kier alpha value is -3.01. The average Bonchev–Trinajstić information content (AvgIpc) is 2.91. The molecule has 1 unspecified atom stereocenters. The standard InChI is InChI=1S/C20H14O4/c1-10(20(23)24)14-5-2-11-3-6-16-15-7-4-13(21)8-12(15)9-17(16)18(11)19(14)22/h2-8,10H,9H2,1H3,(H,23,24). The third-order valence-corrected chi connectivity index (χ3v) is 4.85. The maximum atomic E-state index is 12.9. The topological polar surface area (TPSA) is 71.4 Å². The predicted molar refractivity (Wildman–Crippen MR) is 88.7 cm³/mol. The largest absolute Gasteiger partial charge is 0.481 e. The van der Waals surface area contributed by atoms with Crippen molar-refractivity contribution >= 4 is 29.2 Å². The van der Waals surface area contributed by atoms with Crippen LogP contribution in [0.1, 0.15) is 22.8 Å². The number of ketones is 2. The summed E-state index contributed by atoms with van der Waals surface area (Å²) in [5.74, 6) is -2.14. The van der Waals surface area contributed by atoms with E-state index in [9.17, 15) is 19.5 Å². The van der Waals surface area contributed by atoms with Crippen molar-refractivity contribution in [2.75, 3.05) is 0 Å². The molecule has 1 aromatic carbocycles. The van der Waals surface area contributed by atoms with Crippen LogP contribution in [0.3, 0.4) is 0 Å². The van der Waals surface area contributed by atoms with E-state index in [0.717, 1.165) is 27.1 Å². The fraction of sp³-hybridized carbons (Fsp3) is 0.150. The maximum absolute atomic E-state index is 12.9. The summed E-state index contributed by atoms with van der Waals surface area (Å²) in [5.41, 5.74) is 3.65. The Bertz CT molecular complexity index is 1050. The molecular weight excluding hydrogens is 304 g/mol. The normalized spacial score (nSPS) is 19.0. The molecule has 118 valence electrons. The molecule has 0 radical (unpaired) electrons. The third kappa shape index (κ3) is 1.96. The second kappa shape index (κ2) is 4.99. The van der Waals surface area contributed by atoms with Crippen molar-refractivity contribution in [3.63, 3.8) is 0 Å². The number of hydrogen-bond donors (Lipinski definition) is 1. The van der Waals surface area contributed by atoms with E-state index >= 15 is 0 Å². The highest BCUT2D eigenvalue weighted by molar-refractivity contribution is 6.15. The van der Waals surface area contributed by atoms with E-state index in [1.54, 1.807) is 24.3 Å². The Kier molecular flexibility index (Phi) is 3.03. The number of carbonyl (C=O) groups is 3. The first-order valence-corrected chi connectivity index (χ1v) is 7.76. The molecule has 0 saturated carbocycles. The molecule has 1 aromatic rings. The quantitative estimate of drug-likeness (QED) is 0.886. The molecule has 4 nitrogen and oxygen atoms in total. The number of rotatable bonds is 2. The number of fused-ring (bicyclic) bond motifs is 4. The molecule has 0 fully saturated rings. The van der Waals surface area contributed by atoms with Gasteiger partial charge in [-0.05, 0) is 52.6 Å². The number of aliphatic carboxylic acids is 1. The van der Waals surface area contributed by atoms with Crippen LogP contribution in [-0.4, -0.2) is 22.6 Å². The van der Waals surface area contributed by atoms with Crippen LogP contribution in [0.5, 0.6) is 0 Å². The van der Waals surface area contributed by atoms with Crippen LogP contribution >= 0.6 is 0 Å². The number of hydrogen-bond acceptors (Lipinski definition) is 3. The van der Waals surface area contributed by atoms with Crippen LogP contribution in [0.25, 0.3) is 11.6 Å². The average molecular weight is 318 g/mol. The van der Waals surface area contributed by atoms with E-state index in [-0.39, 0.29) is 11.6 Å². The Labute approximate surface area is 137 Å². The number of allylic oxidation sites excluding steroid dienone is 5. The van der Waals surface area contributed by atoms with Gasteiger partial charge in [0.2, 0.25) is 0 Å². The Morgan fingerprint density at radius 1 is 1.17 bits per heavy atom. The first-order valence-electron chi connectivity index (χ1n) is 7.76. The van der Waals surface area contributed by atoms with E-state index in [0.29, 0.717) is 17.6 Å². The fourth-order valence-electron chi connectivity index (χ4n) is 3.55. The van der Waals surface area contributed by atoms with E-state index in [2.05, 4.69) is 0 Å². The lowest BCUT2D eigenvalue weighted by atomic mass is 9.85. The molecule has 4 heteroatoms. The number of carboxylic acids is 1. The molecule has 0 aromatic heterocycles. The highest BCUT2D eigenvalue weighted by Crippen LogP contribution is 2.29. The smallest absolute Gasteiger partial charge is 0.310 e. The number of carbonyl (C=O) groups excluding carboxylic acids is 2. The Morgan fingerprint density at radius 3 is 2.71 bits per heavy atom. The van der Waals surface area contributed by atoms with Crippen LogP contribution in [0.15, 0.2) is 47.6 Å². The molecule has 1 atom stereocenters. The van der Waals surface area contributed by atoms with Crippen molar-refractivity contribution in [2.24, 2.45) is 5.92 Å². The van der Waals surface area contributed by atoms with E-state index in [1.165, 1.54) is 13.0 Å². The lowest BCUT2D eigenvalue weighted by Crippen LogP contribution is -2.30.